The lowest BCUT2D eigenvalue weighted by Gasteiger charge is -2.14. The number of fused-ring (bicyclic) bond motifs is 1. The molecule has 1 aliphatic rings. The van der Waals surface area contributed by atoms with E-state index in [2.05, 4.69) is 17.8 Å². The van der Waals surface area contributed by atoms with Crippen molar-refractivity contribution in [2.45, 2.75) is 20.1 Å². The lowest BCUT2D eigenvalue weighted by molar-refractivity contribution is 0.0799. The Kier molecular flexibility index (Phi) is 2.50. The van der Waals surface area contributed by atoms with Crippen molar-refractivity contribution in [3.63, 3.8) is 0 Å². The molecule has 0 aromatic carbocycles. The number of rotatable bonds is 2. The third kappa shape index (κ3) is 1.40. The Balaban J connectivity index is 2.52. The minimum Gasteiger partial charge on any atom is -0.373 e. The molecule has 0 spiro atoms. The van der Waals surface area contributed by atoms with Crippen LogP contribution < -0.4 is 0 Å². The molecule has 3 heteroatoms. The number of ether oxygens (including phenoxy) is 1. The van der Waals surface area contributed by atoms with E-state index in [-0.39, 0.29) is 0 Å². The van der Waals surface area contributed by atoms with Gasteiger partial charge in [-0.3, -0.25) is 4.68 Å². The van der Waals surface area contributed by atoms with Gasteiger partial charge in [0.1, 0.15) is 0 Å². The van der Waals surface area contributed by atoms with Gasteiger partial charge in [-0.05, 0) is 13.0 Å². The van der Waals surface area contributed by atoms with Crippen LogP contribution in [0.25, 0.3) is 12.2 Å². The molecule has 0 fully saturated rings. The molecule has 2 heterocycles. The van der Waals surface area contributed by atoms with Gasteiger partial charge in [-0.1, -0.05) is 18.7 Å². The monoisotopic (exact) mass is 190 g/mol. The lowest BCUT2D eigenvalue weighted by atomic mass is 10.1. The zero-order chi connectivity index (χ0) is 9.97. The molecule has 0 N–H and O–H groups in total. The number of allylic oxidation sites excluding steroid dienone is 1. The van der Waals surface area contributed by atoms with Crippen molar-refractivity contribution in [1.82, 2.24) is 9.78 Å². The van der Waals surface area contributed by atoms with E-state index in [1.54, 1.807) is 6.08 Å². The average molecular weight is 190 g/mol. The summed E-state index contributed by atoms with van der Waals surface area (Å²) >= 11 is 0. The minimum atomic E-state index is 0.653. The van der Waals surface area contributed by atoms with Gasteiger partial charge in [-0.2, -0.15) is 5.10 Å². The van der Waals surface area contributed by atoms with Gasteiger partial charge in [0, 0.05) is 5.56 Å². The Labute approximate surface area is 83.7 Å². The number of nitrogens with zero attached hydrogens (tertiary/aromatic N) is 2. The molecule has 0 saturated heterocycles. The van der Waals surface area contributed by atoms with Crippen LogP contribution >= 0.6 is 0 Å². The summed E-state index contributed by atoms with van der Waals surface area (Å²) in [5, 5.41) is 4.46. The standard InChI is InChI=1S/C11H14N2O/c1-3-5-9-10(4-2)12-13-6-7-14-8-11(9)13/h3-5H,2,6-8H2,1H3/b5-3-. The molecule has 0 amide bonds. The van der Waals surface area contributed by atoms with Crippen molar-refractivity contribution >= 4 is 12.2 Å². The smallest absolute Gasteiger partial charge is 0.0921 e. The van der Waals surface area contributed by atoms with Crippen molar-refractivity contribution in [1.29, 1.82) is 0 Å². The van der Waals surface area contributed by atoms with Crippen LogP contribution in [0.15, 0.2) is 12.7 Å². The van der Waals surface area contributed by atoms with Crippen LogP contribution in [-0.4, -0.2) is 16.4 Å². The molecule has 74 valence electrons. The Morgan fingerprint density at radius 3 is 3.14 bits per heavy atom. The minimum absolute atomic E-state index is 0.653. The van der Waals surface area contributed by atoms with Crippen molar-refractivity contribution in [2.24, 2.45) is 0 Å². The van der Waals surface area contributed by atoms with Gasteiger partial charge in [0.25, 0.3) is 0 Å². The Morgan fingerprint density at radius 1 is 1.57 bits per heavy atom. The fourth-order valence-corrected chi connectivity index (χ4v) is 1.69. The van der Waals surface area contributed by atoms with E-state index in [4.69, 9.17) is 4.74 Å². The van der Waals surface area contributed by atoms with Gasteiger partial charge in [-0.15, -0.1) is 0 Å². The summed E-state index contributed by atoms with van der Waals surface area (Å²) < 4.78 is 7.42. The first-order valence-corrected chi connectivity index (χ1v) is 4.79. The van der Waals surface area contributed by atoms with E-state index in [9.17, 15) is 0 Å². The molecule has 0 atom stereocenters. The molecule has 0 saturated carbocycles. The number of aromatic nitrogens is 2. The van der Waals surface area contributed by atoms with Crippen molar-refractivity contribution in [3.8, 4) is 0 Å². The first-order chi connectivity index (χ1) is 6.86. The zero-order valence-electron chi connectivity index (χ0n) is 8.36. The second-order valence-corrected chi connectivity index (χ2v) is 3.23. The van der Waals surface area contributed by atoms with E-state index >= 15 is 0 Å². The average Bonchev–Trinajstić information content (AvgIpc) is 2.58. The third-order valence-electron chi connectivity index (χ3n) is 2.34. The van der Waals surface area contributed by atoms with Crippen LogP contribution in [0.5, 0.6) is 0 Å². The Hall–Kier alpha value is -1.35. The van der Waals surface area contributed by atoms with Gasteiger partial charge in [-0.25, -0.2) is 0 Å². The largest absolute Gasteiger partial charge is 0.373 e. The van der Waals surface area contributed by atoms with E-state index in [0.717, 1.165) is 30.1 Å². The Bertz CT molecular complexity index is 377. The predicted octanol–water partition coefficient (Wildman–Crippen LogP) is 2.09. The summed E-state index contributed by atoms with van der Waals surface area (Å²) in [7, 11) is 0. The molecule has 1 aromatic rings. The number of hydrogen-bond donors (Lipinski definition) is 0. The highest BCUT2D eigenvalue weighted by molar-refractivity contribution is 5.63. The molecular weight excluding hydrogens is 176 g/mol. The summed E-state index contributed by atoms with van der Waals surface area (Å²) in [6, 6.07) is 0. The van der Waals surface area contributed by atoms with Gasteiger partial charge in [0.15, 0.2) is 0 Å². The molecule has 0 bridgehead atoms. The maximum Gasteiger partial charge on any atom is 0.0921 e. The molecular formula is C11H14N2O. The van der Waals surface area contributed by atoms with E-state index in [1.165, 1.54) is 0 Å². The van der Waals surface area contributed by atoms with Crippen molar-refractivity contribution in [3.05, 3.63) is 29.6 Å². The van der Waals surface area contributed by atoms with Crippen molar-refractivity contribution < 1.29 is 4.74 Å². The van der Waals surface area contributed by atoms with Crippen LogP contribution in [0.2, 0.25) is 0 Å². The lowest BCUT2D eigenvalue weighted by Crippen LogP contribution is -2.17. The molecule has 3 nitrogen and oxygen atoms in total. The van der Waals surface area contributed by atoms with Crippen molar-refractivity contribution in [2.75, 3.05) is 6.61 Å². The van der Waals surface area contributed by atoms with Crippen LogP contribution in [0.4, 0.5) is 0 Å². The first kappa shape index (κ1) is 9.21. The molecule has 14 heavy (non-hydrogen) atoms. The SMILES string of the molecule is C=Cc1nn2c(c1/C=C\C)COCC2. The van der Waals surface area contributed by atoms with Gasteiger partial charge in [0.05, 0.1) is 31.1 Å². The highest BCUT2D eigenvalue weighted by atomic mass is 16.5. The molecule has 0 radical (unpaired) electrons. The van der Waals surface area contributed by atoms with Gasteiger partial charge >= 0.3 is 0 Å². The molecule has 1 aromatic heterocycles. The van der Waals surface area contributed by atoms with E-state index < -0.39 is 0 Å². The van der Waals surface area contributed by atoms with Crippen LogP contribution in [-0.2, 0) is 17.9 Å². The van der Waals surface area contributed by atoms with Gasteiger partial charge in [0.2, 0.25) is 0 Å². The maximum absolute atomic E-state index is 5.41. The highest BCUT2D eigenvalue weighted by Gasteiger charge is 2.16. The van der Waals surface area contributed by atoms with Crippen LogP contribution in [0.3, 0.4) is 0 Å². The second kappa shape index (κ2) is 3.80. The maximum atomic E-state index is 5.41. The van der Waals surface area contributed by atoms with Gasteiger partial charge < -0.3 is 4.74 Å². The quantitative estimate of drug-likeness (QED) is 0.714. The fourth-order valence-electron chi connectivity index (χ4n) is 1.69. The van der Waals surface area contributed by atoms with E-state index in [0.29, 0.717) is 6.61 Å². The molecule has 1 aliphatic heterocycles. The highest BCUT2D eigenvalue weighted by Crippen LogP contribution is 2.20. The fraction of sp³-hybridized carbons (Fsp3) is 0.364. The number of hydrogen-bond acceptors (Lipinski definition) is 2. The van der Waals surface area contributed by atoms with Crippen LogP contribution in [0.1, 0.15) is 23.9 Å². The summed E-state index contributed by atoms with van der Waals surface area (Å²) in [6.07, 6.45) is 5.87. The summed E-state index contributed by atoms with van der Waals surface area (Å²) in [4.78, 5) is 0. The van der Waals surface area contributed by atoms with Crippen LogP contribution in [0, 0.1) is 0 Å². The summed E-state index contributed by atoms with van der Waals surface area (Å²) in [6.45, 7) is 8.01. The third-order valence-corrected chi connectivity index (χ3v) is 2.34. The second-order valence-electron chi connectivity index (χ2n) is 3.23. The molecule has 0 aliphatic carbocycles. The van der Waals surface area contributed by atoms with E-state index in [1.807, 2.05) is 17.7 Å². The zero-order valence-corrected chi connectivity index (χ0v) is 8.36. The predicted molar refractivity (Wildman–Crippen MR) is 56.7 cm³/mol. The Morgan fingerprint density at radius 2 is 2.43 bits per heavy atom. The summed E-state index contributed by atoms with van der Waals surface area (Å²) in [5.74, 6) is 0. The molecule has 0 unspecified atom stereocenters. The first-order valence-electron chi connectivity index (χ1n) is 4.79. The topological polar surface area (TPSA) is 27.1 Å². The molecule has 2 rings (SSSR count). The normalized spacial score (nSPS) is 15.8. The summed E-state index contributed by atoms with van der Waals surface area (Å²) in [5.41, 5.74) is 3.25.